The van der Waals surface area contributed by atoms with Gasteiger partial charge in [-0.1, -0.05) is 11.6 Å². The molecule has 0 fully saturated rings. The zero-order valence-electron chi connectivity index (χ0n) is 9.35. The molecule has 0 saturated carbocycles. The second kappa shape index (κ2) is 5.35. The van der Waals surface area contributed by atoms with Crippen LogP contribution in [0.4, 0.5) is 11.5 Å². The molecule has 0 aromatic carbocycles. The molecule has 0 bridgehead atoms. The number of hydrazine groups is 1. The summed E-state index contributed by atoms with van der Waals surface area (Å²) in [6, 6.07) is 7.78. The van der Waals surface area contributed by atoms with Crippen LogP contribution in [-0.2, 0) is 6.54 Å². The van der Waals surface area contributed by atoms with Crippen LogP contribution in [0, 0.1) is 0 Å². The Balaban J connectivity index is 2.11. The number of anilines is 2. The molecule has 0 spiro atoms. The highest BCUT2D eigenvalue weighted by Gasteiger charge is 2.05. The monoisotopic (exact) mass is 268 g/mol. The second-order valence-corrected chi connectivity index (χ2v) is 5.41. The summed E-state index contributed by atoms with van der Waals surface area (Å²) in [6.07, 6.45) is 1.72. The molecule has 2 rings (SSSR count). The lowest BCUT2D eigenvalue weighted by Gasteiger charge is -2.18. The van der Waals surface area contributed by atoms with Crippen molar-refractivity contribution in [2.24, 2.45) is 5.84 Å². The van der Waals surface area contributed by atoms with Crippen LogP contribution in [0.2, 0.25) is 4.34 Å². The van der Waals surface area contributed by atoms with Crippen molar-refractivity contribution >= 4 is 34.4 Å². The minimum absolute atomic E-state index is 0.651. The molecule has 2 aromatic heterocycles. The second-order valence-electron chi connectivity index (χ2n) is 3.61. The largest absolute Gasteiger partial charge is 0.369 e. The summed E-state index contributed by atoms with van der Waals surface area (Å²) < 4.78 is 0.812. The lowest BCUT2D eigenvalue weighted by Crippen LogP contribution is -2.16. The Kier molecular flexibility index (Phi) is 3.83. The van der Waals surface area contributed by atoms with Crippen LogP contribution >= 0.6 is 22.9 Å². The van der Waals surface area contributed by atoms with Crippen LogP contribution in [0.15, 0.2) is 30.5 Å². The summed E-state index contributed by atoms with van der Waals surface area (Å²) in [7, 11) is 2.02. The molecule has 0 aliphatic carbocycles. The molecular weight excluding hydrogens is 256 g/mol. The Morgan fingerprint density at radius 1 is 1.47 bits per heavy atom. The van der Waals surface area contributed by atoms with E-state index in [0.717, 1.165) is 16.6 Å². The van der Waals surface area contributed by atoms with Crippen LogP contribution in [0.3, 0.4) is 0 Å². The quantitative estimate of drug-likeness (QED) is 0.661. The molecule has 0 amide bonds. The highest BCUT2D eigenvalue weighted by Crippen LogP contribution is 2.24. The van der Waals surface area contributed by atoms with Crippen molar-refractivity contribution in [2.75, 3.05) is 17.4 Å². The number of nitrogen functional groups attached to an aromatic ring is 1. The number of aromatic nitrogens is 1. The predicted molar refractivity (Wildman–Crippen MR) is 73.5 cm³/mol. The predicted octanol–water partition coefficient (Wildman–Crippen LogP) is 2.72. The maximum absolute atomic E-state index is 5.90. The zero-order valence-corrected chi connectivity index (χ0v) is 10.9. The normalized spacial score (nSPS) is 10.3. The summed E-state index contributed by atoms with van der Waals surface area (Å²) in [4.78, 5) is 7.40. The summed E-state index contributed by atoms with van der Waals surface area (Å²) in [5.41, 5.74) is 3.59. The van der Waals surface area contributed by atoms with Gasteiger partial charge in [0.1, 0.15) is 5.82 Å². The van der Waals surface area contributed by atoms with Gasteiger partial charge in [-0.05, 0) is 18.2 Å². The first kappa shape index (κ1) is 12.2. The van der Waals surface area contributed by atoms with E-state index in [1.54, 1.807) is 17.5 Å². The van der Waals surface area contributed by atoms with E-state index in [2.05, 4.69) is 15.3 Å². The lowest BCUT2D eigenvalue weighted by atomic mass is 10.3. The zero-order chi connectivity index (χ0) is 12.3. The third kappa shape index (κ3) is 3.09. The van der Waals surface area contributed by atoms with E-state index >= 15 is 0 Å². The molecule has 0 unspecified atom stereocenters. The third-order valence-electron chi connectivity index (χ3n) is 2.35. The first-order valence-corrected chi connectivity index (χ1v) is 6.26. The summed E-state index contributed by atoms with van der Waals surface area (Å²) in [5, 5.41) is 0. The van der Waals surface area contributed by atoms with Crippen molar-refractivity contribution in [3.63, 3.8) is 0 Å². The molecule has 2 aromatic rings. The van der Waals surface area contributed by atoms with Crippen molar-refractivity contribution in [2.45, 2.75) is 6.54 Å². The Bertz CT molecular complexity index is 500. The fourth-order valence-corrected chi connectivity index (χ4v) is 2.64. The lowest BCUT2D eigenvalue weighted by molar-refractivity contribution is 0.937. The van der Waals surface area contributed by atoms with Gasteiger partial charge in [0.25, 0.3) is 0 Å². The van der Waals surface area contributed by atoms with Gasteiger partial charge in [-0.3, -0.25) is 0 Å². The van der Waals surface area contributed by atoms with E-state index in [9.17, 15) is 0 Å². The number of nitrogens with two attached hydrogens (primary N) is 1. The molecule has 3 N–H and O–H groups in total. The molecule has 2 heterocycles. The SMILES string of the molecule is CN(Cc1ccc(Cl)s1)c1ccnc(NN)c1. The van der Waals surface area contributed by atoms with Gasteiger partial charge in [-0.2, -0.15) is 0 Å². The Hall–Kier alpha value is -1.30. The number of nitrogens with one attached hydrogen (secondary N) is 1. The summed E-state index contributed by atoms with van der Waals surface area (Å²) >= 11 is 7.49. The van der Waals surface area contributed by atoms with Crippen LogP contribution in [-0.4, -0.2) is 12.0 Å². The highest BCUT2D eigenvalue weighted by molar-refractivity contribution is 7.16. The standard InChI is InChI=1S/C11H13ClN4S/c1-16(7-9-2-3-10(12)17-9)8-4-5-14-11(6-8)15-13/h2-6H,7,13H2,1H3,(H,14,15). The van der Waals surface area contributed by atoms with E-state index in [4.69, 9.17) is 17.4 Å². The first-order chi connectivity index (χ1) is 8.19. The molecule has 6 heteroatoms. The fraction of sp³-hybridized carbons (Fsp3) is 0.182. The first-order valence-electron chi connectivity index (χ1n) is 5.07. The Morgan fingerprint density at radius 2 is 2.29 bits per heavy atom. The maximum atomic E-state index is 5.90. The van der Waals surface area contributed by atoms with Gasteiger partial charge in [0.15, 0.2) is 0 Å². The molecule has 4 nitrogen and oxygen atoms in total. The number of pyridine rings is 1. The van der Waals surface area contributed by atoms with Crippen LogP contribution < -0.4 is 16.2 Å². The van der Waals surface area contributed by atoms with Crippen LogP contribution in [0.5, 0.6) is 0 Å². The third-order valence-corrected chi connectivity index (χ3v) is 3.57. The topological polar surface area (TPSA) is 54.2 Å². The molecule has 0 aliphatic heterocycles. The molecule has 0 saturated heterocycles. The van der Waals surface area contributed by atoms with Crippen molar-refractivity contribution in [3.05, 3.63) is 39.7 Å². The number of thiophene rings is 1. The molecule has 0 atom stereocenters. The van der Waals surface area contributed by atoms with E-state index in [1.165, 1.54) is 4.88 Å². The molecule has 90 valence electrons. The van der Waals surface area contributed by atoms with Crippen molar-refractivity contribution in [3.8, 4) is 0 Å². The number of rotatable bonds is 4. The van der Waals surface area contributed by atoms with E-state index in [1.807, 2.05) is 31.3 Å². The van der Waals surface area contributed by atoms with Gasteiger partial charge in [0, 0.05) is 29.9 Å². The average Bonchev–Trinajstić information content (AvgIpc) is 2.75. The molecule has 0 radical (unpaired) electrons. The highest BCUT2D eigenvalue weighted by atomic mass is 35.5. The van der Waals surface area contributed by atoms with E-state index in [-0.39, 0.29) is 0 Å². The molecule has 17 heavy (non-hydrogen) atoms. The van der Waals surface area contributed by atoms with Gasteiger partial charge < -0.3 is 10.3 Å². The average molecular weight is 269 g/mol. The van der Waals surface area contributed by atoms with E-state index in [0.29, 0.717) is 5.82 Å². The number of halogens is 1. The summed E-state index contributed by atoms with van der Waals surface area (Å²) in [5.74, 6) is 5.98. The smallest absolute Gasteiger partial charge is 0.141 e. The van der Waals surface area contributed by atoms with Crippen molar-refractivity contribution < 1.29 is 0 Å². The van der Waals surface area contributed by atoms with Crippen LogP contribution in [0.1, 0.15) is 4.88 Å². The van der Waals surface area contributed by atoms with Gasteiger partial charge in [-0.15, -0.1) is 11.3 Å². The fourth-order valence-electron chi connectivity index (χ4n) is 1.50. The Morgan fingerprint density at radius 3 is 2.94 bits per heavy atom. The van der Waals surface area contributed by atoms with Crippen molar-refractivity contribution in [1.82, 2.24) is 4.98 Å². The minimum atomic E-state index is 0.651. The number of hydrogen-bond donors (Lipinski definition) is 2. The molecule has 0 aliphatic rings. The van der Waals surface area contributed by atoms with Crippen LogP contribution in [0.25, 0.3) is 0 Å². The van der Waals surface area contributed by atoms with Gasteiger partial charge >= 0.3 is 0 Å². The maximum Gasteiger partial charge on any atom is 0.141 e. The summed E-state index contributed by atoms with van der Waals surface area (Å²) in [6.45, 7) is 0.811. The molecular formula is C11H13ClN4S. The number of nitrogens with zero attached hydrogens (tertiary/aromatic N) is 2. The van der Waals surface area contributed by atoms with E-state index < -0.39 is 0 Å². The van der Waals surface area contributed by atoms with Crippen molar-refractivity contribution in [1.29, 1.82) is 0 Å². The van der Waals surface area contributed by atoms with Gasteiger partial charge in [0.05, 0.1) is 10.9 Å². The minimum Gasteiger partial charge on any atom is -0.369 e. The van der Waals surface area contributed by atoms with Gasteiger partial charge in [0.2, 0.25) is 0 Å². The number of hydrogen-bond acceptors (Lipinski definition) is 5. The van der Waals surface area contributed by atoms with Gasteiger partial charge in [-0.25, -0.2) is 10.8 Å². The Labute approximate surface area is 109 Å².